The van der Waals surface area contributed by atoms with Crippen LogP contribution in [0.15, 0.2) is 30.3 Å². The van der Waals surface area contributed by atoms with Crippen molar-refractivity contribution in [1.29, 1.82) is 0 Å². The van der Waals surface area contributed by atoms with E-state index in [9.17, 15) is 14.4 Å². The van der Waals surface area contributed by atoms with Gasteiger partial charge in [-0.05, 0) is 32.9 Å². The Hall–Kier alpha value is -2.57. The van der Waals surface area contributed by atoms with Crippen molar-refractivity contribution in [1.82, 2.24) is 4.90 Å². The van der Waals surface area contributed by atoms with Gasteiger partial charge in [-0.25, -0.2) is 9.59 Å². The van der Waals surface area contributed by atoms with E-state index in [2.05, 4.69) is 0 Å². The Balaban J connectivity index is 2.05. The molecule has 2 rings (SSSR count). The normalized spacial score (nSPS) is 20.5. The van der Waals surface area contributed by atoms with Crippen LogP contribution in [0.5, 0.6) is 0 Å². The molecule has 1 heterocycles. The van der Waals surface area contributed by atoms with Gasteiger partial charge in [0.2, 0.25) is 5.91 Å². The van der Waals surface area contributed by atoms with Crippen LogP contribution < -0.4 is 5.73 Å². The summed E-state index contributed by atoms with van der Waals surface area (Å²) >= 11 is 0. The van der Waals surface area contributed by atoms with E-state index in [-0.39, 0.29) is 13.0 Å². The minimum absolute atomic E-state index is 0.0705. The minimum Gasteiger partial charge on any atom is -0.457 e. The quantitative estimate of drug-likeness (QED) is 0.848. The Morgan fingerprint density at radius 2 is 1.79 bits per heavy atom. The molecule has 0 saturated carbocycles. The Morgan fingerprint density at radius 1 is 1.17 bits per heavy atom. The summed E-state index contributed by atoms with van der Waals surface area (Å²) in [5, 5.41) is 0. The van der Waals surface area contributed by atoms with Crippen LogP contribution in [0.1, 0.15) is 37.6 Å². The van der Waals surface area contributed by atoms with Crippen molar-refractivity contribution in [2.75, 3.05) is 6.54 Å². The fourth-order valence-corrected chi connectivity index (χ4v) is 2.47. The number of ether oxygens (including phenoxy) is 2. The molecule has 7 heteroatoms. The number of amides is 2. The van der Waals surface area contributed by atoms with Crippen LogP contribution in [-0.4, -0.2) is 47.2 Å². The third-order valence-electron chi connectivity index (χ3n) is 3.50. The predicted molar refractivity (Wildman–Crippen MR) is 86.2 cm³/mol. The van der Waals surface area contributed by atoms with Gasteiger partial charge >= 0.3 is 12.1 Å². The van der Waals surface area contributed by atoms with E-state index in [1.807, 2.05) is 0 Å². The van der Waals surface area contributed by atoms with Crippen LogP contribution in [0, 0.1) is 0 Å². The fraction of sp³-hybridized carbons (Fsp3) is 0.471. The van der Waals surface area contributed by atoms with E-state index in [1.54, 1.807) is 51.1 Å². The molecule has 2 amide bonds. The largest absolute Gasteiger partial charge is 0.457 e. The van der Waals surface area contributed by atoms with Gasteiger partial charge in [0, 0.05) is 6.42 Å². The first-order valence-electron chi connectivity index (χ1n) is 7.72. The number of hydrogen-bond donors (Lipinski definition) is 1. The SMILES string of the molecule is CC(C)(C)OC(=O)N1C[C@@H](OC(=O)c2ccccc2)C[C@@H]1C(N)=O. The molecule has 1 aliphatic rings. The monoisotopic (exact) mass is 334 g/mol. The molecular formula is C17H22N2O5. The van der Waals surface area contributed by atoms with Gasteiger partial charge in [-0.2, -0.15) is 0 Å². The van der Waals surface area contributed by atoms with Crippen molar-refractivity contribution in [3.63, 3.8) is 0 Å². The van der Waals surface area contributed by atoms with Crippen molar-refractivity contribution in [3.05, 3.63) is 35.9 Å². The summed E-state index contributed by atoms with van der Waals surface area (Å²) in [4.78, 5) is 37.2. The minimum atomic E-state index is -0.853. The summed E-state index contributed by atoms with van der Waals surface area (Å²) in [6.45, 7) is 5.26. The number of benzene rings is 1. The lowest BCUT2D eigenvalue weighted by molar-refractivity contribution is -0.122. The molecule has 0 aliphatic carbocycles. The number of likely N-dealkylation sites (tertiary alicyclic amines) is 1. The summed E-state index contributed by atoms with van der Waals surface area (Å²) in [7, 11) is 0. The van der Waals surface area contributed by atoms with Gasteiger partial charge in [0.25, 0.3) is 0 Å². The number of nitrogens with zero attached hydrogens (tertiary/aromatic N) is 1. The number of carbonyl (C=O) groups excluding carboxylic acids is 3. The van der Waals surface area contributed by atoms with Crippen LogP contribution in [0.3, 0.4) is 0 Å². The maximum absolute atomic E-state index is 12.2. The molecule has 0 aromatic heterocycles. The topological polar surface area (TPSA) is 98.9 Å². The molecule has 1 saturated heterocycles. The zero-order valence-electron chi connectivity index (χ0n) is 14.0. The molecule has 1 aliphatic heterocycles. The lowest BCUT2D eigenvalue weighted by Gasteiger charge is -2.26. The molecule has 1 fully saturated rings. The maximum Gasteiger partial charge on any atom is 0.411 e. The van der Waals surface area contributed by atoms with Crippen molar-refractivity contribution < 1.29 is 23.9 Å². The lowest BCUT2D eigenvalue weighted by Crippen LogP contribution is -2.45. The average Bonchev–Trinajstić information content (AvgIpc) is 2.90. The number of carbonyl (C=O) groups is 3. The van der Waals surface area contributed by atoms with Gasteiger partial charge in [-0.3, -0.25) is 9.69 Å². The summed E-state index contributed by atoms with van der Waals surface area (Å²) in [5.41, 5.74) is 5.07. The number of esters is 1. The van der Waals surface area contributed by atoms with Crippen LogP contribution in [-0.2, 0) is 14.3 Å². The highest BCUT2D eigenvalue weighted by Crippen LogP contribution is 2.24. The molecule has 0 radical (unpaired) electrons. The van der Waals surface area contributed by atoms with Crippen LogP contribution in [0.25, 0.3) is 0 Å². The Morgan fingerprint density at radius 3 is 2.33 bits per heavy atom. The lowest BCUT2D eigenvalue weighted by atomic mass is 10.2. The van der Waals surface area contributed by atoms with Gasteiger partial charge < -0.3 is 15.2 Å². The van der Waals surface area contributed by atoms with E-state index >= 15 is 0 Å². The van der Waals surface area contributed by atoms with Gasteiger partial charge in [0.05, 0.1) is 12.1 Å². The van der Waals surface area contributed by atoms with E-state index in [0.29, 0.717) is 5.56 Å². The van der Waals surface area contributed by atoms with Crippen LogP contribution >= 0.6 is 0 Å². The number of hydrogen-bond acceptors (Lipinski definition) is 5. The first-order chi connectivity index (χ1) is 11.2. The number of nitrogens with two attached hydrogens (primary N) is 1. The molecule has 1 aromatic carbocycles. The molecule has 2 atom stereocenters. The summed E-state index contributed by atoms with van der Waals surface area (Å²) < 4.78 is 10.7. The van der Waals surface area contributed by atoms with E-state index in [4.69, 9.17) is 15.2 Å². The molecule has 2 N–H and O–H groups in total. The number of primary amides is 1. The molecule has 130 valence electrons. The van der Waals surface area contributed by atoms with E-state index < -0.39 is 35.7 Å². The molecule has 24 heavy (non-hydrogen) atoms. The fourth-order valence-electron chi connectivity index (χ4n) is 2.47. The Bertz CT molecular complexity index is 624. The highest BCUT2D eigenvalue weighted by Gasteiger charge is 2.42. The molecule has 1 aromatic rings. The van der Waals surface area contributed by atoms with E-state index in [0.717, 1.165) is 0 Å². The standard InChI is InChI=1S/C17H22N2O5/c1-17(2,3)24-16(22)19-10-12(9-13(19)14(18)20)23-15(21)11-7-5-4-6-8-11/h4-8,12-13H,9-10H2,1-3H3,(H2,18,20)/t12-,13+/m0/s1. The second-order valence-electron chi connectivity index (χ2n) is 6.68. The molecule has 0 spiro atoms. The van der Waals surface area contributed by atoms with Crippen molar-refractivity contribution in [2.45, 2.75) is 44.9 Å². The maximum atomic E-state index is 12.2. The van der Waals surface area contributed by atoms with Crippen molar-refractivity contribution in [3.8, 4) is 0 Å². The van der Waals surface area contributed by atoms with Gasteiger partial charge in [0.1, 0.15) is 17.7 Å². The zero-order valence-corrected chi connectivity index (χ0v) is 14.0. The summed E-state index contributed by atoms with van der Waals surface area (Å²) in [6, 6.07) is 7.66. The van der Waals surface area contributed by atoms with Crippen LogP contribution in [0.2, 0.25) is 0 Å². The highest BCUT2D eigenvalue weighted by molar-refractivity contribution is 5.90. The van der Waals surface area contributed by atoms with Crippen LogP contribution in [0.4, 0.5) is 4.79 Å². The van der Waals surface area contributed by atoms with Crippen molar-refractivity contribution >= 4 is 18.0 Å². The molecule has 7 nitrogen and oxygen atoms in total. The number of rotatable bonds is 3. The van der Waals surface area contributed by atoms with Gasteiger partial charge in [-0.1, -0.05) is 18.2 Å². The Labute approximate surface area is 140 Å². The first kappa shape index (κ1) is 17.8. The molecule has 0 bridgehead atoms. The third kappa shape index (κ3) is 4.47. The summed E-state index contributed by atoms with van der Waals surface area (Å²) in [6.07, 6.45) is -1.10. The van der Waals surface area contributed by atoms with Gasteiger partial charge in [-0.15, -0.1) is 0 Å². The smallest absolute Gasteiger partial charge is 0.411 e. The summed E-state index contributed by atoms with van der Waals surface area (Å²) in [5.74, 6) is -1.16. The van der Waals surface area contributed by atoms with Gasteiger partial charge in [0.15, 0.2) is 0 Å². The molecular weight excluding hydrogens is 312 g/mol. The second kappa shape index (κ2) is 6.90. The molecule has 0 unspecified atom stereocenters. The third-order valence-corrected chi connectivity index (χ3v) is 3.50. The average molecular weight is 334 g/mol. The van der Waals surface area contributed by atoms with E-state index in [1.165, 1.54) is 4.90 Å². The second-order valence-corrected chi connectivity index (χ2v) is 6.68. The zero-order chi connectivity index (χ0) is 17.9. The highest BCUT2D eigenvalue weighted by atomic mass is 16.6. The predicted octanol–water partition coefficient (Wildman–Crippen LogP) is 1.71. The van der Waals surface area contributed by atoms with Crippen molar-refractivity contribution in [2.24, 2.45) is 5.73 Å². The first-order valence-corrected chi connectivity index (χ1v) is 7.72. The Kier molecular flexibility index (Phi) is 5.11.